The van der Waals surface area contributed by atoms with E-state index in [2.05, 4.69) is 59.1 Å². The Morgan fingerprint density at radius 2 is 1.80 bits per heavy atom. The highest BCUT2D eigenvalue weighted by atomic mass is 16.1. The lowest BCUT2D eigenvalue weighted by molar-refractivity contribution is -0.121. The van der Waals surface area contributed by atoms with Gasteiger partial charge in [0, 0.05) is 25.6 Å². The van der Waals surface area contributed by atoms with Crippen molar-refractivity contribution in [3.05, 3.63) is 35.4 Å². The van der Waals surface area contributed by atoms with E-state index in [1.165, 1.54) is 11.1 Å². The lowest BCUT2D eigenvalue weighted by Crippen LogP contribution is -2.38. The quantitative estimate of drug-likeness (QED) is 0.347. The maximum absolute atomic E-state index is 11.7. The third kappa shape index (κ3) is 8.57. The number of amides is 1. The first-order chi connectivity index (χ1) is 12.2. The van der Waals surface area contributed by atoms with E-state index in [1.807, 2.05) is 0 Å². The van der Waals surface area contributed by atoms with Gasteiger partial charge in [0.1, 0.15) is 0 Å². The van der Waals surface area contributed by atoms with Crippen molar-refractivity contribution >= 4 is 11.9 Å². The maximum atomic E-state index is 11.7. The van der Waals surface area contributed by atoms with E-state index in [1.54, 1.807) is 0 Å². The molecule has 138 valence electrons. The number of unbranched alkanes of at least 4 members (excludes halogenated alkanes) is 1. The fourth-order valence-corrected chi connectivity index (χ4v) is 2.40. The number of aryl methyl sites for hydroxylation is 1. The van der Waals surface area contributed by atoms with E-state index in [0.29, 0.717) is 19.0 Å². The zero-order valence-corrected chi connectivity index (χ0v) is 15.6. The van der Waals surface area contributed by atoms with Crippen LogP contribution in [0.4, 0.5) is 0 Å². The van der Waals surface area contributed by atoms with Crippen molar-refractivity contribution in [2.24, 2.45) is 4.99 Å². The van der Waals surface area contributed by atoms with Crippen molar-refractivity contribution < 1.29 is 4.79 Å². The molecule has 0 aromatic heterocycles. The van der Waals surface area contributed by atoms with Crippen LogP contribution in [-0.2, 0) is 11.3 Å². The number of hydrogen-bond acceptors (Lipinski definition) is 2. The summed E-state index contributed by atoms with van der Waals surface area (Å²) in [6.07, 6.45) is 5.94. The summed E-state index contributed by atoms with van der Waals surface area (Å²) in [6, 6.07) is 8.90. The molecule has 1 aromatic carbocycles. The molecule has 0 atom stereocenters. The molecule has 5 heteroatoms. The van der Waals surface area contributed by atoms with Crippen molar-refractivity contribution in [2.75, 3.05) is 13.1 Å². The molecular formula is C20H32N4O. The third-order valence-electron chi connectivity index (χ3n) is 4.18. The van der Waals surface area contributed by atoms with Gasteiger partial charge in [-0.3, -0.25) is 4.79 Å². The molecule has 5 nitrogen and oxygen atoms in total. The molecule has 3 N–H and O–H groups in total. The fraction of sp³-hybridized carbons (Fsp3) is 0.600. The van der Waals surface area contributed by atoms with Crippen LogP contribution in [0.3, 0.4) is 0 Å². The van der Waals surface area contributed by atoms with Crippen LogP contribution < -0.4 is 16.0 Å². The molecule has 1 aliphatic rings. The Kier molecular flexibility index (Phi) is 8.29. The Hall–Kier alpha value is -2.04. The summed E-state index contributed by atoms with van der Waals surface area (Å²) in [5.74, 6) is 0.998. The van der Waals surface area contributed by atoms with Crippen molar-refractivity contribution in [1.29, 1.82) is 0 Å². The first kappa shape index (κ1) is 19.3. The minimum atomic E-state index is 0.168. The van der Waals surface area contributed by atoms with Crippen molar-refractivity contribution in [3.63, 3.8) is 0 Å². The Balaban J connectivity index is 1.74. The average molecular weight is 345 g/mol. The molecule has 0 aliphatic heterocycles. The highest BCUT2D eigenvalue weighted by molar-refractivity contribution is 5.80. The average Bonchev–Trinajstić information content (AvgIpc) is 3.41. The highest BCUT2D eigenvalue weighted by Crippen LogP contribution is 2.18. The van der Waals surface area contributed by atoms with Gasteiger partial charge in [-0.2, -0.15) is 0 Å². The van der Waals surface area contributed by atoms with Crippen molar-refractivity contribution in [2.45, 2.75) is 65.0 Å². The van der Waals surface area contributed by atoms with E-state index in [0.717, 1.165) is 51.2 Å². The largest absolute Gasteiger partial charge is 0.356 e. The summed E-state index contributed by atoms with van der Waals surface area (Å²) in [6.45, 7) is 6.59. The second kappa shape index (κ2) is 10.7. The molecule has 0 radical (unpaired) electrons. The monoisotopic (exact) mass is 344 g/mol. The summed E-state index contributed by atoms with van der Waals surface area (Å²) in [5, 5.41) is 9.74. The van der Waals surface area contributed by atoms with E-state index in [-0.39, 0.29) is 5.91 Å². The van der Waals surface area contributed by atoms with Crippen LogP contribution in [0.25, 0.3) is 0 Å². The molecule has 0 bridgehead atoms. The molecule has 25 heavy (non-hydrogen) atoms. The van der Waals surface area contributed by atoms with Crippen LogP contribution >= 0.6 is 0 Å². The van der Waals surface area contributed by atoms with E-state index in [9.17, 15) is 4.79 Å². The third-order valence-corrected chi connectivity index (χ3v) is 4.18. The first-order valence-electron chi connectivity index (χ1n) is 9.54. The van der Waals surface area contributed by atoms with Gasteiger partial charge in [0.2, 0.25) is 5.91 Å². The smallest absolute Gasteiger partial charge is 0.220 e. The number of rotatable bonds is 10. The molecule has 0 unspecified atom stereocenters. The number of benzene rings is 1. The molecule has 1 saturated carbocycles. The minimum Gasteiger partial charge on any atom is -0.356 e. The van der Waals surface area contributed by atoms with Crippen molar-refractivity contribution in [3.8, 4) is 0 Å². The lowest BCUT2D eigenvalue weighted by Gasteiger charge is -2.12. The Morgan fingerprint density at radius 3 is 2.44 bits per heavy atom. The zero-order valence-electron chi connectivity index (χ0n) is 15.6. The summed E-state index contributed by atoms with van der Waals surface area (Å²) in [5.41, 5.74) is 2.46. The Labute approximate surface area is 151 Å². The predicted octanol–water partition coefficient (Wildman–Crippen LogP) is 2.89. The second-order valence-electron chi connectivity index (χ2n) is 6.80. The predicted molar refractivity (Wildman–Crippen MR) is 104 cm³/mol. The number of guanidine groups is 1. The SMILES string of the molecule is CCCCNC(=NCc1ccc(C)cc1)NCCCC(=O)NC1CC1. The van der Waals surface area contributed by atoms with Gasteiger partial charge in [-0.25, -0.2) is 4.99 Å². The summed E-state index contributed by atoms with van der Waals surface area (Å²) >= 11 is 0. The second-order valence-corrected chi connectivity index (χ2v) is 6.80. The number of carbonyl (C=O) groups is 1. The summed E-state index contributed by atoms with van der Waals surface area (Å²) in [4.78, 5) is 16.4. The first-order valence-corrected chi connectivity index (χ1v) is 9.54. The van der Waals surface area contributed by atoms with Gasteiger partial charge in [-0.05, 0) is 38.2 Å². The topological polar surface area (TPSA) is 65.5 Å². The number of carbonyl (C=O) groups excluding carboxylic acids is 1. The van der Waals surface area contributed by atoms with E-state index < -0.39 is 0 Å². The number of hydrogen-bond donors (Lipinski definition) is 3. The van der Waals surface area contributed by atoms with Gasteiger partial charge in [-0.1, -0.05) is 43.2 Å². The van der Waals surface area contributed by atoms with Gasteiger partial charge in [0.25, 0.3) is 0 Å². The Bertz CT molecular complexity index is 549. The molecule has 1 amide bonds. The van der Waals surface area contributed by atoms with Gasteiger partial charge in [-0.15, -0.1) is 0 Å². The van der Waals surface area contributed by atoms with Crippen LogP contribution in [0.2, 0.25) is 0 Å². The van der Waals surface area contributed by atoms with Crippen LogP contribution in [-0.4, -0.2) is 31.0 Å². The van der Waals surface area contributed by atoms with E-state index >= 15 is 0 Å². The number of nitrogens with one attached hydrogen (secondary N) is 3. The fourth-order valence-electron chi connectivity index (χ4n) is 2.40. The van der Waals surface area contributed by atoms with Crippen molar-refractivity contribution in [1.82, 2.24) is 16.0 Å². The summed E-state index contributed by atoms with van der Waals surface area (Å²) in [7, 11) is 0. The molecular weight excluding hydrogens is 312 g/mol. The Morgan fingerprint density at radius 1 is 1.12 bits per heavy atom. The zero-order chi connectivity index (χ0) is 17.9. The number of aliphatic imine (C=N–C) groups is 1. The van der Waals surface area contributed by atoms with Gasteiger partial charge >= 0.3 is 0 Å². The molecule has 1 aromatic rings. The standard InChI is InChI=1S/C20H32N4O/c1-3-4-13-21-20(23-15-17-9-7-16(2)8-10-17)22-14-5-6-19(25)24-18-11-12-18/h7-10,18H,3-6,11-15H2,1-2H3,(H,24,25)(H2,21,22,23). The summed E-state index contributed by atoms with van der Waals surface area (Å²) < 4.78 is 0. The molecule has 1 aliphatic carbocycles. The van der Waals surface area contributed by atoms with Gasteiger partial charge in [0.15, 0.2) is 5.96 Å². The lowest BCUT2D eigenvalue weighted by atomic mass is 10.1. The molecule has 0 heterocycles. The molecule has 1 fully saturated rings. The minimum absolute atomic E-state index is 0.168. The van der Waals surface area contributed by atoms with Gasteiger partial charge < -0.3 is 16.0 Å². The van der Waals surface area contributed by atoms with Crippen LogP contribution in [0.1, 0.15) is 56.6 Å². The normalized spacial score (nSPS) is 14.2. The van der Waals surface area contributed by atoms with Gasteiger partial charge in [0.05, 0.1) is 6.54 Å². The van der Waals surface area contributed by atoms with Crippen LogP contribution in [0.5, 0.6) is 0 Å². The molecule has 0 saturated heterocycles. The molecule has 2 rings (SSSR count). The highest BCUT2D eigenvalue weighted by Gasteiger charge is 2.22. The van der Waals surface area contributed by atoms with Crippen LogP contribution in [0.15, 0.2) is 29.3 Å². The number of nitrogens with zero attached hydrogens (tertiary/aromatic N) is 1. The molecule has 0 spiro atoms. The van der Waals surface area contributed by atoms with Crippen LogP contribution in [0, 0.1) is 6.92 Å². The maximum Gasteiger partial charge on any atom is 0.220 e. The van der Waals surface area contributed by atoms with E-state index in [4.69, 9.17) is 0 Å².